The summed E-state index contributed by atoms with van der Waals surface area (Å²) in [4.78, 5) is 2.20. The normalized spacial score (nSPS) is 15.5. The van der Waals surface area contributed by atoms with E-state index in [1.807, 2.05) is 6.92 Å². The van der Waals surface area contributed by atoms with Gasteiger partial charge in [0.2, 0.25) is 0 Å². The number of nitrogens with zero attached hydrogens (tertiary/aromatic N) is 1. The number of hydrogen-bond donors (Lipinski definition) is 1. The molecule has 1 N–H and O–H groups in total. The van der Waals surface area contributed by atoms with Gasteiger partial charge >= 0.3 is 0 Å². The number of halogens is 2. The summed E-state index contributed by atoms with van der Waals surface area (Å²) in [7, 11) is 4.16. The molecule has 0 radical (unpaired) electrons. The van der Waals surface area contributed by atoms with Crippen molar-refractivity contribution < 1.29 is 5.11 Å². The molecule has 0 bridgehead atoms. The van der Waals surface area contributed by atoms with Crippen molar-refractivity contribution >= 4 is 24.0 Å². The first kappa shape index (κ1) is 26.5. The molecule has 2 unspecified atom stereocenters. The molecule has 0 saturated heterocycles. The Morgan fingerprint density at radius 1 is 0.958 bits per heavy atom. The molecule has 0 fully saturated rings. The minimum atomic E-state index is -0.312. The van der Waals surface area contributed by atoms with E-state index >= 15 is 0 Å². The van der Waals surface area contributed by atoms with Crippen molar-refractivity contribution in [2.24, 2.45) is 0 Å². The molecule has 0 heterocycles. The maximum absolute atomic E-state index is 9.82. The largest absolute Gasteiger partial charge is 0.393 e. The molecular formula is C20H41Cl2NO. The zero-order chi connectivity index (χ0) is 17.6. The van der Waals surface area contributed by atoms with Crippen LogP contribution in [0.2, 0.25) is 0 Å². The highest BCUT2D eigenvalue weighted by Gasteiger charge is 2.30. The van der Waals surface area contributed by atoms with Crippen molar-refractivity contribution in [2.75, 3.05) is 14.1 Å². The van der Waals surface area contributed by atoms with Crippen LogP contribution in [0.3, 0.4) is 0 Å². The van der Waals surface area contributed by atoms with Gasteiger partial charge in [0.05, 0.1) is 6.10 Å². The van der Waals surface area contributed by atoms with Gasteiger partial charge < -0.3 is 10.0 Å². The number of aliphatic hydroxyl groups is 1. The maximum Gasteiger partial charge on any atom is 0.0532 e. The van der Waals surface area contributed by atoms with Crippen molar-refractivity contribution in [1.29, 1.82) is 0 Å². The van der Waals surface area contributed by atoms with Crippen LogP contribution in [0.25, 0.3) is 0 Å². The molecule has 0 aromatic heterocycles. The molecule has 0 aliphatic heterocycles. The molecular weight excluding hydrogens is 341 g/mol. The van der Waals surface area contributed by atoms with Gasteiger partial charge in [-0.2, -0.15) is 0 Å². The zero-order valence-electron chi connectivity index (χ0n) is 16.4. The van der Waals surface area contributed by atoms with Crippen LogP contribution in [0.1, 0.15) is 90.9 Å². The fourth-order valence-electron chi connectivity index (χ4n) is 3.36. The van der Waals surface area contributed by atoms with Crippen LogP contribution < -0.4 is 0 Å². The Bertz CT molecular complexity index is 295. The minimum absolute atomic E-state index is 0. The molecule has 24 heavy (non-hydrogen) atoms. The zero-order valence-corrected chi connectivity index (χ0v) is 18.0. The first-order valence-electron chi connectivity index (χ1n) is 9.62. The Morgan fingerprint density at radius 3 is 1.79 bits per heavy atom. The molecule has 146 valence electrons. The summed E-state index contributed by atoms with van der Waals surface area (Å²) in [6.45, 7) is 4.13. The Labute approximate surface area is 162 Å². The van der Waals surface area contributed by atoms with E-state index in [9.17, 15) is 5.11 Å². The quantitative estimate of drug-likeness (QED) is 0.325. The summed E-state index contributed by atoms with van der Waals surface area (Å²) in [6, 6.07) is 0. The molecule has 0 amide bonds. The second-order valence-electron chi connectivity index (χ2n) is 7.28. The van der Waals surface area contributed by atoms with Crippen LogP contribution in [-0.2, 0) is 0 Å². The smallest absolute Gasteiger partial charge is 0.0532 e. The van der Waals surface area contributed by atoms with E-state index in [4.69, 9.17) is 11.6 Å². The third-order valence-corrected chi connectivity index (χ3v) is 5.00. The number of hydrogen-bond acceptors (Lipinski definition) is 2. The van der Waals surface area contributed by atoms with Gasteiger partial charge in [0.1, 0.15) is 0 Å². The first-order valence-corrected chi connectivity index (χ1v) is 10.1. The highest BCUT2D eigenvalue weighted by atomic mass is 35.5. The Balaban J connectivity index is 0. The number of likely N-dealkylation sites (N-methyl/N-ethyl adjacent to an activating group) is 1. The first-order chi connectivity index (χ1) is 11.0. The summed E-state index contributed by atoms with van der Waals surface area (Å²) in [5, 5.41) is 9.82. The van der Waals surface area contributed by atoms with E-state index < -0.39 is 0 Å². The van der Waals surface area contributed by atoms with Crippen molar-refractivity contribution in [3.05, 3.63) is 11.6 Å². The molecule has 0 aliphatic rings. The third kappa shape index (κ3) is 12.6. The van der Waals surface area contributed by atoms with E-state index in [1.54, 1.807) is 5.54 Å². The predicted octanol–water partition coefficient (Wildman–Crippen LogP) is 6.54. The molecule has 0 saturated carbocycles. The van der Waals surface area contributed by atoms with Gasteiger partial charge in [-0.15, -0.1) is 12.4 Å². The van der Waals surface area contributed by atoms with Crippen LogP contribution in [0.5, 0.6) is 0 Å². The van der Waals surface area contributed by atoms with Gasteiger partial charge in [0.15, 0.2) is 0 Å². The van der Waals surface area contributed by atoms with Crippen molar-refractivity contribution in [3.63, 3.8) is 0 Å². The lowest BCUT2D eigenvalue weighted by Gasteiger charge is -2.38. The van der Waals surface area contributed by atoms with Crippen molar-refractivity contribution in [3.8, 4) is 0 Å². The summed E-state index contributed by atoms with van der Waals surface area (Å²) >= 11 is 5.86. The molecule has 0 rings (SSSR count). The second kappa shape index (κ2) is 16.7. The van der Waals surface area contributed by atoms with Gasteiger partial charge in [0.25, 0.3) is 0 Å². The highest BCUT2D eigenvalue weighted by Crippen LogP contribution is 2.28. The van der Waals surface area contributed by atoms with E-state index in [-0.39, 0.29) is 24.0 Å². The Morgan fingerprint density at radius 2 is 1.42 bits per heavy atom. The Kier molecular flexibility index (Phi) is 18.4. The standard InChI is InChI=1S/C20H40ClNO.ClH/c1-5-6-7-8-9-10-11-12-13-14-15-20(16-17-21,22(3)4)18-19(2)23;/h16-17,19,23H,5-15,18H2,1-4H3;1H. The van der Waals surface area contributed by atoms with Crippen LogP contribution in [0.4, 0.5) is 0 Å². The topological polar surface area (TPSA) is 23.5 Å². The predicted molar refractivity (Wildman–Crippen MR) is 111 cm³/mol. The van der Waals surface area contributed by atoms with E-state index in [0.717, 1.165) is 12.8 Å². The molecule has 0 aromatic rings. The van der Waals surface area contributed by atoms with Gasteiger partial charge in [-0.05, 0) is 33.9 Å². The summed E-state index contributed by atoms with van der Waals surface area (Å²) in [5.74, 6) is 0. The molecule has 0 spiro atoms. The average molecular weight is 382 g/mol. The lowest BCUT2D eigenvalue weighted by Crippen LogP contribution is -2.44. The second-order valence-corrected chi connectivity index (χ2v) is 7.53. The number of rotatable bonds is 15. The van der Waals surface area contributed by atoms with E-state index in [0.29, 0.717) is 0 Å². The van der Waals surface area contributed by atoms with E-state index in [2.05, 4.69) is 32.0 Å². The average Bonchev–Trinajstić information content (AvgIpc) is 2.48. The van der Waals surface area contributed by atoms with Gasteiger partial charge in [-0.1, -0.05) is 88.8 Å². The molecule has 4 heteroatoms. The molecule has 2 nitrogen and oxygen atoms in total. The minimum Gasteiger partial charge on any atom is -0.393 e. The van der Waals surface area contributed by atoms with Crippen molar-refractivity contribution in [1.82, 2.24) is 4.90 Å². The lowest BCUT2D eigenvalue weighted by atomic mass is 9.85. The summed E-state index contributed by atoms with van der Waals surface area (Å²) < 4.78 is 0. The summed E-state index contributed by atoms with van der Waals surface area (Å²) in [5.41, 5.74) is 1.49. The van der Waals surface area contributed by atoms with Crippen LogP contribution in [0.15, 0.2) is 11.6 Å². The molecule has 2 atom stereocenters. The van der Waals surface area contributed by atoms with Crippen LogP contribution >= 0.6 is 24.0 Å². The lowest BCUT2D eigenvalue weighted by molar-refractivity contribution is 0.0921. The SMILES string of the molecule is CCCCCCCCCCCCC(C=CCl)(CC(C)O)N(C)C.Cl. The fraction of sp³-hybridized carbons (Fsp3) is 0.900. The molecule has 0 aliphatic carbocycles. The number of aliphatic hydroxyl groups excluding tert-OH is 1. The number of unbranched alkanes of at least 4 members (excludes halogenated alkanes) is 9. The molecule has 0 aromatic carbocycles. The van der Waals surface area contributed by atoms with Crippen molar-refractivity contribution in [2.45, 2.75) is 103 Å². The van der Waals surface area contributed by atoms with Crippen LogP contribution in [-0.4, -0.2) is 35.7 Å². The monoisotopic (exact) mass is 381 g/mol. The highest BCUT2D eigenvalue weighted by molar-refractivity contribution is 6.25. The fourth-order valence-corrected chi connectivity index (χ4v) is 3.59. The Hall–Kier alpha value is 0.240. The van der Waals surface area contributed by atoms with Gasteiger partial charge in [-0.25, -0.2) is 0 Å². The van der Waals surface area contributed by atoms with E-state index in [1.165, 1.54) is 64.2 Å². The van der Waals surface area contributed by atoms with Gasteiger partial charge in [0, 0.05) is 11.1 Å². The maximum atomic E-state index is 9.82. The van der Waals surface area contributed by atoms with Crippen LogP contribution in [0, 0.1) is 0 Å². The third-order valence-electron chi connectivity index (χ3n) is 4.88. The van der Waals surface area contributed by atoms with Gasteiger partial charge in [-0.3, -0.25) is 0 Å². The summed E-state index contributed by atoms with van der Waals surface area (Å²) in [6.07, 6.45) is 17.0.